The molecule has 0 unspecified atom stereocenters. The second kappa shape index (κ2) is 17.4. The monoisotopic (exact) mass is 809 g/mol. The Morgan fingerprint density at radius 2 is 1.69 bits per heavy atom. The first kappa shape index (κ1) is 41.6. The quantitative estimate of drug-likeness (QED) is 0.130. The van der Waals surface area contributed by atoms with Crippen LogP contribution < -0.4 is 19.7 Å². The SMILES string of the molecule is COC(=O)CCCCN1C(=O)[C@@]2(O[C@@H](CC(=O)N3Cc4ccccc4C[C@H]3CO)[C@H]([Si](C)(C)c3ccc(OC)cc3)[C@H]2C)c2cc(N3CCCCCCC3=O)ccc21. The number of methoxy groups -OCH3 is 2. The normalized spacial score (nSPS) is 24.7. The van der Waals surface area contributed by atoms with E-state index >= 15 is 4.79 Å². The molecular formula is C46H59N3O8Si. The number of benzene rings is 3. The van der Waals surface area contributed by atoms with Gasteiger partial charge in [-0.05, 0) is 79.1 Å². The van der Waals surface area contributed by atoms with Gasteiger partial charge in [-0.2, -0.15) is 0 Å². The van der Waals surface area contributed by atoms with Crippen molar-refractivity contribution >= 4 is 48.3 Å². The zero-order valence-electron chi connectivity index (χ0n) is 34.7. The third-order valence-electron chi connectivity index (χ3n) is 13.5. The highest BCUT2D eigenvalue weighted by Gasteiger charge is 2.66. The summed E-state index contributed by atoms with van der Waals surface area (Å²) in [4.78, 5) is 61.1. The van der Waals surface area contributed by atoms with Crippen LogP contribution in [0.4, 0.5) is 11.4 Å². The van der Waals surface area contributed by atoms with E-state index in [0.29, 0.717) is 45.3 Å². The molecular weight excluding hydrogens is 751 g/mol. The Kier molecular flexibility index (Phi) is 12.5. The fraction of sp³-hybridized carbons (Fsp3) is 0.522. The standard InChI is InChI=1S/C46H59N3O8Si/c1-31-44(58(4,5)37-21-19-36(55-2)20-22-37)40(28-42(52)49-29-33-15-10-9-14-32(33)26-35(49)30-50)57-46(31)38-27-34(47-24-12-7-6-8-16-41(47)51)18-23-39(38)48(45(46)54)25-13-11-17-43(53)56-3/h9-10,14-15,18-23,27,31,35,40,44,50H,6-8,11-13,16-17,24-26,28-30H2,1-5H3/t31-,35+,40+,44-,46+/m1/s1. The van der Waals surface area contributed by atoms with E-state index in [9.17, 15) is 19.5 Å². The van der Waals surface area contributed by atoms with E-state index in [4.69, 9.17) is 14.2 Å². The van der Waals surface area contributed by atoms with Gasteiger partial charge in [0.25, 0.3) is 5.91 Å². The molecule has 0 saturated carbocycles. The number of nitrogens with zero attached hydrogens (tertiary/aromatic N) is 3. The van der Waals surface area contributed by atoms with Crippen LogP contribution in [0.1, 0.15) is 81.4 Å². The summed E-state index contributed by atoms with van der Waals surface area (Å²) in [5.41, 5.74) is 2.81. The van der Waals surface area contributed by atoms with Crippen LogP contribution in [0.15, 0.2) is 66.7 Å². The van der Waals surface area contributed by atoms with Gasteiger partial charge < -0.3 is 34.0 Å². The topological polar surface area (TPSA) is 126 Å². The zero-order chi connectivity index (χ0) is 41.2. The lowest BCUT2D eigenvalue weighted by Crippen LogP contribution is -2.52. The number of unbranched alkanes of at least 4 members (excludes halogenated alkanes) is 1. The molecule has 0 aromatic heterocycles. The van der Waals surface area contributed by atoms with Crippen molar-refractivity contribution in [3.05, 3.63) is 83.4 Å². The third-order valence-corrected chi connectivity index (χ3v) is 17.8. The fourth-order valence-corrected chi connectivity index (χ4v) is 14.3. The molecule has 1 spiro atoms. The predicted octanol–water partition coefficient (Wildman–Crippen LogP) is 6.23. The smallest absolute Gasteiger partial charge is 0.305 e. The molecule has 3 aromatic carbocycles. The van der Waals surface area contributed by atoms with E-state index in [1.807, 2.05) is 53.4 Å². The number of hydrogen-bond donors (Lipinski definition) is 1. The van der Waals surface area contributed by atoms with Crippen molar-refractivity contribution in [2.75, 3.05) is 43.7 Å². The Morgan fingerprint density at radius 3 is 2.41 bits per heavy atom. The summed E-state index contributed by atoms with van der Waals surface area (Å²) >= 11 is 0. The average molecular weight is 810 g/mol. The molecule has 0 aliphatic carbocycles. The maximum Gasteiger partial charge on any atom is 0.305 e. The molecule has 2 fully saturated rings. The van der Waals surface area contributed by atoms with Crippen molar-refractivity contribution in [3.63, 3.8) is 0 Å². The first-order valence-corrected chi connectivity index (χ1v) is 24.2. The number of carbonyl (C=O) groups is 4. The van der Waals surface area contributed by atoms with Crippen LogP contribution in [0.3, 0.4) is 0 Å². The first-order chi connectivity index (χ1) is 27.9. The minimum Gasteiger partial charge on any atom is -0.497 e. The van der Waals surface area contributed by atoms with Crippen LogP contribution >= 0.6 is 0 Å². The third kappa shape index (κ3) is 7.70. The highest BCUT2D eigenvalue weighted by Crippen LogP contribution is 2.60. The lowest BCUT2D eigenvalue weighted by molar-refractivity contribution is -0.151. The Balaban J connectivity index is 1.31. The van der Waals surface area contributed by atoms with Gasteiger partial charge in [-0.25, -0.2) is 0 Å². The minimum absolute atomic E-state index is 0.0497. The van der Waals surface area contributed by atoms with Gasteiger partial charge in [0, 0.05) is 49.6 Å². The molecule has 3 amide bonds. The summed E-state index contributed by atoms with van der Waals surface area (Å²) in [6.45, 7) is 7.92. The molecule has 5 atom stereocenters. The Morgan fingerprint density at radius 1 is 0.948 bits per heavy atom. The van der Waals surface area contributed by atoms with Crippen molar-refractivity contribution in [1.29, 1.82) is 0 Å². The molecule has 0 radical (unpaired) electrons. The molecule has 3 aromatic rings. The molecule has 2 saturated heterocycles. The summed E-state index contributed by atoms with van der Waals surface area (Å²) in [6, 6.07) is 21.8. The summed E-state index contributed by atoms with van der Waals surface area (Å²) < 4.78 is 17.8. The molecule has 58 heavy (non-hydrogen) atoms. The van der Waals surface area contributed by atoms with Crippen LogP contribution in [-0.2, 0) is 47.2 Å². The largest absolute Gasteiger partial charge is 0.497 e. The number of amides is 3. The van der Waals surface area contributed by atoms with E-state index in [1.165, 1.54) is 7.11 Å². The number of aliphatic hydroxyl groups is 1. The van der Waals surface area contributed by atoms with Crippen molar-refractivity contribution in [3.8, 4) is 5.75 Å². The van der Waals surface area contributed by atoms with Crippen LogP contribution in [-0.4, -0.2) is 87.8 Å². The second-order valence-corrected chi connectivity index (χ2v) is 21.8. The van der Waals surface area contributed by atoms with Crippen LogP contribution in [0, 0.1) is 5.92 Å². The van der Waals surface area contributed by atoms with E-state index in [2.05, 4.69) is 38.2 Å². The van der Waals surface area contributed by atoms with E-state index in [-0.39, 0.29) is 60.6 Å². The number of ether oxygens (including phenoxy) is 3. The predicted molar refractivity (Wildman–Crippen MR) is 226 cm³/mol. The van der Waals surface area contributed by atoms with Crippen LogP contribution in [0.2, 0.25) is 18.6 Å². The number of fused-ring (bicyclic) bond motifs is 3. The number of rotatable bonds is 12. The van der Waals surface area contributed by atoms with Gasteiger partial charge in [-0.15, -0.1) is 0 Å². The molecule has 1 N–H and O–H groups in total. The number of hydrogen-bond acceptors (Lipinski definition) is 8. The second-order valence-electron chi connectivity index (χ2n) is 17.1. The maximum atomic E-state index is 15.4. The molecule has 0 bridgehead atoms. The molecule has 4 aliphatic heterocycles. The van der Waals surface area contributed by atoms with Gasteiger partial charge in [-0.1, -0.05) is 74.4 Å². The summed E-state index contributed by atoms with van der Waals surface area (Å²) in [5.74, 6) is -0.103. The van der Waals surface area contributed by atoms with Gasteiger partial charge in [0.2, 0.25) is 11.8 Å². The van der Waals surface area contributed by atoms with Gasteiger partial charge in [0.15, 0.2) is 5.60 Å². The highest BCUT2D eigenvalue weighted by molar-refractivity contribution is 6.91. The lowest BCUT2D eigenvalue weighted by atomic mass is 9.82. The van der Waals surface area contributed by atoms with Crippen LogP contribution in [0.25, 0.3) is 0 Å². The van der Waals surface area contributed by atoms with Gasteiger partial charge in [0.05, 0.1) is 53.2 Å². The van der Waals surface area contributed by atoms with Gasteiger partial charge >= 0.3 is 5.97 Å². The number of carbonyl (C=O) groups excluding carboxylic acids is 4. The van der Waals surface area contributed by atoms with Crippen molar-refractivity contribution in [2.45, 2.75) is 114 Å². The molecule has 4 aliphatic rings. The first-order valence-electron chi connectivity index (χ1n) is 21.1. The van der Waals surface area contributed by atoms with E-state index < -0.39 is 19.8 Å². The average Bonchev–Trinajstić information content (AvgIpc) is 3.65. The van der Waals surface area contributed by atoms with E-state index in [0.717, 1.165) is 64.7 Å². The van der Waals surface area contributed by atoms with Crippen molar-refractivity contribution < 1.29 is 38.5 Å². The summed E-state index contributed by atoms with van der Waals surface area (Å²) in [7, 11) is 0.445. The summed E-state index contributed by atoms with van der Waals surface area (Å²) in [5, 5.41) is 11.7. The number of esters is 1. The van der Waals surface area contributed by atoms with Crippen molar-refractivity contribution in [1.82, 2.24) is 4.90 Å². The van der Waals surface area contributed by atoms with Crippen LogP contribution in [0.5, 0.6) is 5.75 Å². The molecule has 12 heteroatoms. The molecule has 4 heterocycles. The maximum absolute atomic E-state index is 15.4. The van der Waals surface area contributed by atoms with Gasteiger partial charge in [-0.3, -0.25) is 19.2 Å². The number of aliphatic hydroxyl groups excluding tert-OH is 1. The Labute approximate surface area is 343 Å². The minimum atomic E-state index is -2.58. The van der Waals surface area contributed by atoms with E-state index in [1.54, 1.807) is 16.9 Å². The van der Waals surface area contributed by atoms with Gasteiger partial charge in [0.1, 0.15) is 5.75 Å². The molecule has 310 valence electrons. The summed E-state index contributed by atoms with van der Waals surface area (Å²) in [6.07, 6.45) is 5.70. The van der Waals surface area contributed by atoms with Crippen molar-refractivity contribution in [2.24, 2.45) is 5.92 Å². The Bertz CT molecular complexity index is 2000. The fourth-order valence-electron chi connectivity index (χ4n) is 10.3. The lowest BCUT2D eigenvalue weighted by Gasteiger charge is -2.39. The Hall–Kier alpha value is -4.52. The number of anilines is 2. The molecule has 11 nitrogen and oxygen atoms in total. The highest BCUT2D eigenvalue weighted by atomic mass is 28.3. The molecule has 7 rings (SSSR count). The zero-order valence-corrected chi connectivity index (χ0v) is 35.7.